The second-order valence-corrected chi connectivity index (χ2v) is 7.74. The summed E-state index contributed by atoms with van der Waals surface area (Å²) in [4.78, 5) is 23.3. The van der Waals surface area contributed by atoms with Crippen LogP contribution in [0.4, 0.5) is 5.95 Å². The van der Waals surface area contributed by atoms with Gasteiger partial charge in [-0.1, -0.05) is 0 Å². The second-order valence-electron chi connectivity index (χ2n) is 6.42. The highest BCUT2D eigenvalue weighted by Gasteiger charge is 2.18. The molecule has 10 heteroatoms. The number of aromatic nitrogens is 3. The van der Waals surface area contributed by atoms with E-state index in [4.69, 9.17) is 0 Å². The zero-order valence-electron chi connectivity index (χ0n) is 16.5. The van der Waals surface area contributed by atoms with Gasteiger partial charge < -0.3 is 15.5 Å². The van der Waals surface area contributed by atoms with Gasteiger partial charge in [-0.3, -0.25) is 9.89 Å². The molecule has 0 aliphatic carbocycles. The van der Waals surface area contributed by atoms with Gasteiger partial charge >= 0.3 is 0 Å². The van der Waals surface area contributed by atoms with Gasteiger partial charge in [-0.05, 0) is 13.0 Å². The van der Waals surface area contributed by atoms with Gasteiger partial charge in [0, 0.05) is 82.7 Å². The minimum absolute atomic E-state index is 0. The smallest absolute Gasteiger partial charge is 0.225 e. The number of nitrogens with zero attached hydrogens (tertiary/aromatic N) is 6. The minimum atomic E-state index is 0. The summed E-state index contributed by atoms with van der Waals surface area (Å²) < 4.78 is 0. The summed E-state index contributed by atoms with van der Waals surface area (Å²) in [6, 6.07) is 1.85. The van der Waals surface area contributed by atoms with E-state index in [1.807, 2.05) is 19.3 Å². The Morgan fingerprint density at radius 3 is 2.46 bits per heavy atom. The maximum absolute atomic E-state index is 4.39. The number of hydrogen-bond acceptors (Lipinski definition) is 7. The van der Waals surface area contributed by atoms with Crippen molar-refractivity contribution in [2.45, 2.75) is 13.3 Å². The van der Waals surface area contributed by atoms with Crippen LogP contribution >= 0.6 is 35.3 Å². The van der Waals surface area contributed by atoms with Crippen molar-refractivity contribution in [1.29, 1.82) is 0 Å². The Balaban J connectivity index is 0.00000280. The predicted octanol–water partition coefficient (Wildman–Crippen LogP) is 1.39. The number of halogens is 1. The third-order valence-electron chi connectivity index (χ3n) is 4.45. The molecule has 2 aromatic heterocycles. The summed E-state index contributed by atoms with van der Waals surface area (Å²) >= 11 is 1.75. The quantitative estimate of drug-likeness (QED) is 0.327. The molecule has 1 aliphatic rings. The fourth-order valence-electron chi connectivity index (χ4n) is 2.98. The van der Waals surface area contributed by atoms with E-state index in [9.17, 15) is 0 Å². The molecule has 0 amide bonds. The molecule has 0 atom stereocenters. The van der Waals surface area contributed by atoms with Crippen molar-refractivity contribution in [3.8, 4) is 0 Å². The van der Waals surface area contributed by atoms with Gasteiger partial charge in [-0.15, -0.1) is 35.3 Å². The maximum Gasteiger partial charge on any atom is 0.225 e. The van der Waals surface area contributed by atoms with Crippen molar-refractivity contribution in [1.82, 2.24) is 30.5 Å². The van der Waals surface area contributed by atoms with Crippen LogP contribution in [0, 0.1) is 6.92 Å². The molecule has 0 unspecified atom stereocenters. The molecular formula is C18H29IN8S. The van der Waals surface area contributed by atoms with E-state index in [1.54, 1.807) is 23.7 Å². The van der Waals surface area contributed by atoms with Crippen LogP contribution in [0.3, 0.4) is 0 Å². The molecule has 0 aromatic carbocycles. The molecule has 2 aromatic rings. The van der Waals surface area contributed by atoms with Gasteiger partial charge in [0.25, 0.3) is 0 Å². The Morgan fingerprint density at radius 2 is 1.82 bits per heavy atom. The number of aliphatic imine (C=N–C) groups is 1. The van der Waals surface area contributed by atoms with Crippen molar-refractivity contribution in [2.24, 2.45) is 4.99 Å². The lowest BCUT2D eigenvalue weighted by atomic mass is 10.3. The molecule has 3 heterocycles. The van der Waals surface area contributed by atoms with E-state index in [0.717, 1.165) is 69.1 Å². The largest absolute Gasteiger partial charge is 0.356 e. The lowest BCUT2D eigenvalue weighted by molar-refractivity contribution is 0.260. The van der Waals surface area contributed by atoms with Crippen LogP contribution < -0.4 is 15.5 Å². The average Bonchev–Trinajstić information content (AvgIpc) is 3.13. The minimum Gasteiger partial charge on any atom is -0.356 e. The summed E-state index contributed by atoms with van der Waals surface area (Å²) in [5, 5.41) is 7.91. The number of anilines is 1. The van der Waals surface area contributed by atoms with E-state index in [-0.39, 0.29) is 24.0 Å². The summed E-state index contributed by atoms with van der Waals surface area (Å²) in [7, 11) is 1.81. The van der Waals surface area contributed by atoms with E-state index in [0.29, 0.717) is 0 Å². The Kier molecular flexibility index (Phi) is 9.85. The highest BCUT2D eigenvalue weighted by molar-refractivity contribution is 14.0. The molecule has 1 saturated heterocycles. The van der Waals surface area contributed by atoms with Crippen LogP contribution in [0.2, 0.25) is 0 Å². The average molecular weight is 516 g/mol. The number of hydrogen-bond donors (Lipinski definition) is 2. The Morgan fingerprint density at radius 1 is 1.11 bits per heavy atom. The van der Waals surface area contributed by atoms with E-state index in [2.05, 4.69) is 47.3 Å². The first-order chi connectivity index (χ1) is 13.2. The summed E-state index contributed by atoms with van der Waals surface area (Å²) in [5.74, 6) is 1.68. The Hall–Kier alpha value is -1.53. The fourth-order valence-corrected chi connectivity index (χ4v) is 3.77. The molecular weight excluding hydrogens is 487 g/mol. The van der Waals surface area contributed by atoms with Gasteiger partial charge in [0.1, 0.15) is 0 Å². The highest BCUT2D eigenvalue weighted by Crippen LogP contribution is 2.11. The number of nitrogens with one attached hydrogen (secondary N) is 2. The second kappa shape index (κ2) is 12.1. The van der Waals surface area contributed by atoms with Gasteiger partial charge in [0.2, 0.25) is 5.95 Å². The molecule has 1 aliphatic heterocycles. The predicted molar refractivity (Wildman–Crippen MR) is 126 cm³/mol. The van der Waals surface area contributed by atoms with E-state index >= 15 is 0 Å². The van der Waals surface area contributed by atoms with Crippen LogP contribution in [-0.4, -0.2) is 78.7 Å². The van der Waals surface area contributed by atoms with Crippen LogP contribution in [0.5, 0.6) is 0 Å². The lowest BCUT2D eigenvalue weighted by Crippen LogP contribution is -2.49. The van der Waals surface area contributed by atoms with Gasteiger partial charge in [-0.25, -0.2) is 15.0 Å². The van der Waals surface area contributed by atoms with Gasteiger partial charge in [0.15, 0.2) is 5.96 Å². The first-order valence-electron chi connectivity index (χ1n) is 9.35. The molecule has 2 N–H and O–H groups in total. The standard InChI is InChI=1S/C18H28N8S.HI/c1-15-14-24-16(27-15)4-7-20-17(19-2)21-8-9-25-10-12-26(13-11-25)18-22-5-3-6-23-18;/h3,5-6,14H,4,7-13H2,1-2H3,(H2,19,20,21);1H. The van der Waals surface area contributed by atoms with Gasteiger partial charge in [0.05, 0.1) is 5.01 Å². The monoisotopic (exact) mass is 516 g/mol. The number of piperazine rings is 1. The SMILES string of the molecule is CN=C(NCCc1ncc(C)s1)NCCN1CCN(c2ncccn2)CC1.I. The van der Waals surface area contributed by atoms with Crippen LogP contribution in [0.1, 0.15) is 9.88 Å². The third kappa shape index (κ3) is 7.13. The molecule has 8 nitrogen and oxygen atoms in total. The molecule has 0 saturated carbocycles. The van der Waals surface area contributed by atoms with E-state index < -0.39 is 0 Å². The van der Waals surface area contributed by atoms with Crippen molar-refractivity contribution in [2.75, 3.05) is 57.8 Å². The summed E-state index contributed by atoms with van der Waals surface area (Å²) in [5.41, 5.74) is 0. The van der Waals surface area contributed by atoms with Crippen LogP contribution in [-0.2, 0) is 6.42 Å². The van der Waals surface area contributed by atoms with Crippen molar-refractivity contribution < 1.29 is 0 Å². The molecule has 0 spiro atoms. The number of thiazole rings is 1. The molecule has 154 valence electrons. The lowest BCUT2D eigenvalue weighted by Gasteiger charge is -2.34. The maximum atomic E-state index is 4.39. The topological polar surface area (TPSA) is 81.6 Å². The zero-order chi connectivity index (χ0) is 18.9. The molecule has 1 fully saturated rings. The fraction of sp³-hybridized carbons (Fsp3) is 0.556. The summed E-state index contributed by atoms with van der Waals surface area (Å²) in [6.07, 6.45) is 6.44. The van der Waals surface area contributed by atoms with Crippen molar-refractivity contribution >= 4 is 47.2 Å². The highest BCUT2D eigenvalue weighted by atomic mass is 127. The first kappa shape index (κ1) is 22.8. The third-order valence-corrected chi connectivity index (χ3v) is 5.42. The zero-order valence-corrected chi connectivity index (χ0v) is 19.6. The summed E-state index contributed by atoms with van der Waals surface area (Å²) in [6.45, 7) is 8.76. The number of rotatable bonds is 7. The van der Waals surface area contributed by atoms with Crippen LogP contribution in [0.15, 0.2) is 29.6 Å². The van der Waals surface area contributed by atoms with Gasteiger partial charge in [-0.2, -0.15) is 0 Å². The Labute approximate surface area is 187 Å². The van der Waals surface area contributed by atoms with E-state index in [1.165, 1.54) is 4.88 Å². The number of guanidine groups is 1. The molecule has 3 rings (SSSR count). The van der Waals surface area contributed by atoms with Crippen molar-refractivity contribution in [3.05, 3.63) is 34.5 Å². The van der Waals surface area contributed by atoms with Crippen LogP contribution in [0.25, 0.3) is 0 Å². The Bertz CT molecular complexity index is 715. The molecule has 0 bridgehead atoms. The normalized spacial score (nSPS) is 15.2. The molecule has 0 radical (unpaired) electrons. The van der Waals surface area contributed by atoms with Crippen molar-refractivity contribution in [3.63, 3.8) is 0 Å². The molecule has 28 heavy (non-hydrogen) atoms. The first-order valence-corrected chi connectivity index (χ1v) is 10.2. The number of aryl methyl sites for hydroxylation is 1.